The van der Waals surface area contributed by atoms with E-state index < -0.39 is 17.3 Å². The fourth-order valence-corrected chi connectivity index (χ4v) is 3.55. The second-order valence-corrected chi connectivity index (χ2v) is 7.03. The summed E-state index contributed by atoms with van der Waals surface area (Å²) in [4.78, 5) is 0. The molecule has 1 aromatic carbocycles. The Kier molecular flexibility index (Phi) is 5.55. The molecule has 1 aliphatic rings. The molecule has 148 valence electrons. The van der Waals surface area contributed by atoms with Gasteiger partial charge in [-0.3, -0.25) is 0 Å². The molecule has 1 saturated heterocycles. The Hall–Kier alpha value is -1.97. The van der Waals surface area contributed by atoms with Crippen LogP contribution in [0.3, 0.4) is 0 Å². The molecule has 3 rings (SSSR count). The third kappa shape index (κ3) is 4.48. The minimum absolute atomic E-state index is 0.0415. The molecule has 2 N–H and O–H groups in total. The Bertz CT molecular complexity index is 763. The molecule has 2 heterocycles. The lowest BCUT2D eigenvalue weighted by Crippen LogP contribution is -2.47. The van der Waals surface area contributed by atoms with Gasteiger partial charge < -0.3 is 15.2 Å². The van der Waals surface area contributed by atoms with Crippen LogP contribution in [0.15, 0.2) is 30.5 Å². The van der Waals surface area contributed by atoms with E-state index in [1.807, 2.05) is 6.92 Å². The number of nitrogens with one attached hydrogen (secondary N) is 1. The van der Waals surface area contributed by atoms with Gasteiger partial charge in [-0.2, -0.15) is 13.2 Å². The number of methoxy groups -OCH3 is 1. The summed E-state index contributed by atoms with van der Waals surface area (Å²) in [5.74, 6) is 0. The highest BCUT2D eigenvalue weighted by Gasteiger charge is 2.41. The Balaban J connectivity index is 1.80. The van der Waals surface area contributed by atoms with E-state index in [1.165, 1.54) is 12.1 Å². The molecule has 0 aliphatic carbocycles. The fraction of sp³-hybridized carbons (Fsp3) is 0.556. The number of alkyl halides is 3. The van der Waals surface area contributed by atoms with Gasteiger partial charge in [-0.15, -0.1) is 5.10 Å². The lowest BCUT2D eigenvalue weighted by Gasteiger charge is -2.40. The van der Waals surface area contributed by atoms with E-state index >= 15 is 0 Å². The van der Waals surface area contributed by atoms with Gasteiger partial charge >= 0.3 is 6.18 Å². The largest absolute Gasteiger partial charge is 0.416 e. The first-order valence-corrected chi connectivity index (χ1v) is 8.76. The lowest BCUT2D eigenvalue weighted by atomic mass is 9.78. The first-order valence-electron chi connectivity index (χ1n) is 8.76. The number of aliphatic hydroxyl groups is 1. The predicted octanol–water partition coefficient (Wildman–Crippen LogP) is 2.64. The molecule has 0 bridgehead atoms. The highest BCUT2D eigenvalue weighted by molar-refractivity contribution is 5.30. The minimum atomic E-state index is -4.40. The van der Waals surface area contributed by atoms with Crippen LogP contribution < -0.4 is 5.32 Å². The summed E-state index contributed by atoms with van der Waals surface area (Å²) in [6.45, 7) is 3.00. The van der Waals surface area contributed by atoms with E-state index in [2.05, 4.69) is 15.6 Å². The average Bonchev–Trinajstić information content (AvgIpc) is 3.07. The van der Waals surface area contributed by atoms with Gasteiger partial charge in [0.1, 0.15) is 0 Å². The molecular formula is C18H23F3N4O2. The molecule has 1 aliphatic heterocycles. The van der Waals surface area contributed by atoms with Crippen molar-refractivity contribution < 1.29 is 23.0 Å². The first kappa shape index (κ1) is 19.8. The molecule has 1 aromatic heterocycles. The maximum absolute atomic E-state index is 12.8. The molecule has 1 unspecified atom stereocenters. The van der Waals surface area contributed by atoms with E-state index in [1.54, 1.807) is 18.0 Å². The normalized spacial score (nSPS) is 26.3. The van der Waals surface area contributed by atoms with Crippen LogP contribution in [-0.2, 0) is 23.1 Å². The zero-order chi connectivity index (χ0) is 19.7. The van der Waals surface area contributed by atoms with E-state index in [0.717, 1.165) is 12.1 Å². The van der Waals surface area contributed by atoms with Crippen LogP contribution in [0.4, 0.5) is 13.2 Å². The molecule has 1 fully saturated rings. The monoisotopic (exact) mass is 384 g/mol. The van der Waals surface area contributed by atoms with Crippen LogP contribution in [0.1, 0.15) is 42.6 Å². The standard InChI is InChI=1S/C18H23F3N4O2/c1-12-9-17(26,13-3-5-14(6-4-13)18(19,20)21)10-15(22-12)16-11-25(24-23-16)7-8-27-2/h3-6,11-12,15,22,26H,7-10H2,1-2H3/t12-,15-,17?/m0/s1. The summed E-state index contributed by atoms with van der Waals surface area (Å²) in [6, 6.07) is 4.43. The summed E-state index contributed by atoms with van der Waals surface area (Å²) in [5.41, 5.74) is -0.812. The maximum Gasteiger partial charge on any atom is 0.416 e. The Morgan fingerprint density at radius 2 is 2.00 bits per heavy atom. The van der Waals surface area contributed by atoms with Crippen molar-refractivity contribution in [3.63, 3.8) is 0 Å². The number of ether oxygens (including phenoxy) is 1. The molecule has 0 radical (unpaired) electrons. The van der Waals surface area contributed by atoms with Crippen LogP contribution >= 0.6 is 0 Å². The molecule has 27 heavy (non-hydrogen) atoms. The second kappa shape index (κ2) is 7.57. The molecule has 6 nitrogen and oxygen atoms in total. The quantitative estimate of drug-likeness (QED) is 0.829. The van der Waals surface area contributed by atoms with Gasteiger partial charge in [0.05, 0.1) is 42.2 Å². The van der Waals surface area contributed by atoms with Crippen molar-refractivity contribution in [2.75, 3.05) is 13.7 Å². The number of piperidine rings is 1. The number of benzene rings is 1. The predicted molar refractivity (Wildman–Crippen MR) is 91.8 cm³/mol. The van der Waals surface area contributed by atoms with Crippen molar-refractivity contribution in [3.05, 3.63) is 47.3 Å². The third-order valence-electron chi connectivity index (χ3n) is 4.86. The van der Waals surface area contributed by atoms with Gasteiger partial charge in [-0.1, -0.05) is 17.3 Å². The summed E-state index contributed by atoms with van der Waals surface area (Å²) in [6.07, 6.45) is -1.91. The van der Waals surface area contributed by atoms with Crippen molar-refractivity contribution in [1.29, 1.82) is 0 Å². The van der Waals surface area contributed by atoms with Crippen molar-refractivity contribution in [1.82, 2.24) is 20.3 Å². The highest BCUT2D eigenvalue weighted by atomic mass is 19.4. The van der Waals surface area contributed by atoms with Crippen LogP contribution in [-0.4, -0.2) is 39.9 Å². The van der Waals surface area contributed by atoms with E-state index in [-0.39, 0.29) is 12.1 Å². The molecule has 3 atom stereocenters. The molecule has 0 amide bonds. The van der Waals surface area contributed by atoms with Gasteiger partial charge in [0.2, 0.25) is 0 Å². The summed E-state index contributed by atoms with van der Waals surface area (Å²) in [5, 5.41) is 22.8. The number of hydrogen-bond donors (Lipinski definition) is 2. The Morgan fingerprint density at radius 3 is 2.63 bits per heavy atom. The summed E-state index contributed by atoms with van der Waals surface area (Å²) in [7, 11) is 1.60. The molecule has 0 saturated carbocycles. The smallest absolute Gasteiger partial charge is 0.385 e. The SMILES string of the molecule is COCCn1cc([C@@H]2CC(O)(c3ccc(C(F)(F)F)cc3)C[C@H](C)N2)nn1. The zero-order valence-electron chi connectivity index (χ0n) is 15.2. The Labute approximate surface area is 155 Å². The van der Waals surface area contributed by atoms with Crippen molar-refractivity contribution in [3.8, 4) is 0 Å². The van der Waals surface area contributed by atoms with Gasteiger partial charge in [-0.25, -0.2) is 4.68 Å². The maximum atomic E-state index is 12.8. The lowest BCUT2D eigenvalue weighted by molar-refractivity contribution is -0.137. The van der Waals surface area contributed by atoms with Crippen LogP contribution in [0.25, 0.3) is 0 Å². The highest BCUT2D eigenvalue weighted by Crippen LogP contribution is 2.40. The number of nitrogens with zero attached hydrogens (tertiary/aromatic N) is 3. The first-order chi connectivity index (χ1) is 12.7. The minimum Gasteiger partial charge on any atom is -0.385 e. The molecule has 9 heteroatoms. The van der Waals surface area contributed by atoms with Gasteiger partial charge in [0.15, 0.2) is 0 Å². The molecule has 0 spiro atoms. The Morgan fingerprint density at radius 1 is 1.30 bits per heavy atom. The van der Waals surface area contributed by atoms with Crippen molar-refractivity contribution in [2.45, 2.75) is 50.2 Å². The zero-order valence-corrected chi connectivity index (χ0v) is 15.2. The molecular weight excluding hydrogens is 361 g/mol. The van der Waals surface area contributed by atoms with Crippen LogP contribution in [0, 0.1) is 0 Å². The number of halogens is 3. The van der Waals surface area contributed by atoms with Gasteiger partial charge in [-0.05, 0) is 31.0 Å². The van der Waals surface area contributed by atoms with Gasteiger partial charge in [0, 0.05) is 19.6 Å². The topological polar surface area (TPSA) is 72.2 Å². The number of aromatic nitrogens is 3. The fourth-order valence-electron chi connectivity index (χ4n) is 3.55. The third-order valence-corrected chi connectivity index (χ3v) is 4.86. The second-order valence-electron chi connectivity index (χ2n) is 7.03. The van der Waals surface area contributed by atoms with E-state index in [9.17, 15) is 18.3 Å². The summed E-state index contributed by atoms with van der Waals surface area (Å²) >= 11 is 0. The van der Waals surface area contributed by atoms with Crippen LogP contribution in [0.2, 0.25) is 0 Å². The van der Waals surface area contributed by atoms with E-state index in [0.29, 0.717) is 37.3 Å². The van der Waals surface area contributed by atoms with E-state index in [4.69, 9.17) is 4.74 Å². The summed E-state index contributed by atoms with van der Waals surface area (Å²) < 4.78 is 45.1. The molecule has 2 aromatic rings. The van der Waals surface area contributed by atoms with Gasteiger partial charge in [0.25, 0.3) is 0 Å². The van der Waals surface area contributed by atoms with Crippen molar-refractivity contribution in [2.24, 2.45) is 0 Å². The average molecular weight is 384 g/mol. The number of hydrogen-bond acceptors (Lipinski definition) is 5. The van der Waals surface area contributed by atoms with Crippen molar-refractivity contribution >= 4 is 0 Å². The number of rotatable bonds is 5. The van der Waals surface area contributed by atoms with Crippen LogP contribution in [0.5, 0.6) is 0 Å².